The number of nitrogens with one attached hydrogen (secondary N) is 1. The molecule has 0 amide bonds. The highest BCUT2D eigenvalue weighted by atomic mass is 19.4. The molecule has 63 valence electrons. The summed E-state index contributed by atoms with van der Waals surface area (Å²) in [4.78, 5) is 0. The van der Waals surface area contributed by atoms with Gasteiger partial charge in [-0.15, -0.1) is 13.2 Å². The zero-order chi connectivity index (χ0) is 9.19. The zero-order valence-electron chi connectivity index (χ0n) is 5.44. The summed E-state index contributed by atoms with van der Waals surface area (Å²) in [7, 11) is 0. The third kappa shape index (κ3) is 1.88. The van der Waals surface area contributed by atoms with Gasteiger partial charge in [0.2, 0.25) is 5.69 Å². The number of halogens is 3. The molecule has 0 fully saturated rings. The lowest BCUT2D eigenvalue weighted by atomic mass is 10.4. The number of rotatable bonds is 1. The quantitative estimate of drug-likeness (QED) is 0.693. The van der Waals surface area contributed by atoms with Crippen molar-refractivity contribution in [1.29, 1.82) is 5.26 Å². The molecular weight excluding hydrogens is 175 g/mol. The predicted octanol–water partition coefficient (Wildman–Crippen LogP) is 0.980. The number of ether oxygens (including phenoxy) is 1. The second-order valence-corrected chi connectivity index (χ2v) is 1.69. The van der Waals surface area contributed by atoms with E-state index >= 15 is 0 Å². The van der Waals surface area contributed by atoms with Crippen LogP contribution in [0, 0.1) is 17.5 Å². The summed E-state index contributed by atoms with van der Waals surface area (Å²) in [6, 6.07) is 1.40. The van der Waals surface area contributed by atoms with Crippen LogP contribution in [0.2, 0.25) is 0 Å². The van der Waals surface area contributed by atoms with Crippen LogP contribution in [-0.2, 0) is 0 Å². The number of H-pyrrole nitrogens is 1. The summed E-state index contributed by atoms with van der Waals surface area (Å²) in [6.07, 6.45) is -2.92. The molecule has 0 saturated carbocycles. The summed E-state index contributed by atoms with van der Waals surface area (Å²) in [5.74, 6) is -0.745. The average Bonchev–Trinajstić information content (AvgIpc) is 2.31. The molecule has 0 atom stereocenters. The van der Waals surface area contributed by atoms with E-state index in [1.165, 1.54) is 6.07 Å². The molecule has 1 radical (unpaired) electrons. The lowest BCUT2D eigenvalue weighted by molar-refractivity contribution is -0.274. The van der Waals surface area contributed by atoms with Crippen LogP contribution in [0.25, 0.3) is 0 Å². The summed E-state index contributed by atoms with van der Waals surface area (Å²) >= 11 is 0. The lowest BCUT2D eigenvalue weighted by Crippen LogP contribution is -2.17. The number of hydrogen-bond donors (Lipinski definition) is 1. The number of hydrogen-bond acceptors (Lipinski definition) is 3. The molecule has 0 aliphatic heterocycles. The Kier molecular flexibility index (Phi) is 1.91. The molecule has 4 nitrogen and oxygen atoms in total. The van der Waals surface area contributed by atoms with Crippen molar-refractivity contribution in [3.05, 3.63) is 11.9 Å². The van der Waals surface area contributed by atoms with Crippen molar-refractivity contribution < 1.29 is 17.9 Å². The van der Waals surface area contributed by atoms with E-state index in [2.05, 4.69) is 9.84 Å². The van der Waals surface area contributed by atoms with Gasteiger partial charge in [0, 0.05) is 0 Å². The molecule has 0 bridgehead atoms. The van der Waals surface area contributed by atoms with Crippen molar-refractivity contribution >= 4 is 0 Å². The van der Waals surface area contributed by atoms with E-state index in [-0.39, 0.29) is 0 Å². The maximum absolute atomic E-state index is 11.5. The molecule has 7 heteroatoms. The molecule has 1 heterocycles. The number of nitrogens with zero attached hydrogens (tertiary/aromatic N) is 2. The van der Waals surface area contributed by atoms with Gasteiger partial charge in [-0.2, -0.15) is 10.4 Å². The topological polar surface area (TPSA) is 61.7 Å². The summed E-state index contributed by atoms with van der Waals surface area (Å²) < 4.78 is 38.0. The zero-order valence-corrected chi connectivity index (χ0v) is 5.44. The van der Waals surface area contributed by atoms with Gasteiger partial charge in [0.1, 0.15) is 12.3 Å². The second kappa shape index (κ2) is 2.73. The second-order valence-electron chi connectivity index (χ2n) is 1.69. The predicted molar refractivity (Wildman–Crippen MR) is 28.8 cm³/mol. The van der Waals surface area contributed by atoms with Gasteiger partial charge in [0.25, 0.3) is 0 Å². The van der Waals surface area contributed by atoms with Crippen LogP contribution < -0.4 is 4.74 Å². The SMILES string of the molecule is N#Cc1n[nH][c]c1OC(F)(F)F. The standard InChI is InChI=1S/C5HF3N3O/c6-5(7,8)12-4-2-10-11-3(4)1-9/h(H,10,11). The van der Waals surface area contributed by atoms with Crippen LogP contribution >= 0.6 is 0 Å². The fraction of sp³-hybridized carbons (Fsp3) is 0.200. The van der Waals surface area contributed by atoms with Crippen LogP contribution in [0.1, 0.15) is 5.69 Å². The fourth-order valence-electron chi connectivity index (χ4n) is 0.510. The van der Waals surface area contributed by atoms with Gasteiger partial charge in [0.05, 0.1) is 0 Å². The van der Waals surface area contributed by atoms with Gasteiger partial charge in [-0.25, -0.2) is 0 Å². The lowest BCUT2D eigenvalue weighted by Gasteiger charge is -2.04. The van der Waals surface area contributed by atoms with Gasteiger partial charge in [-0.3, -0.25) is 5.10 Å². The highest BCUT2D eigenvalue weighted by molar-refractivity contribution is 5.33. The summed E-state index contributed by atoms with van der Waals surface area (Å²) in [6.45, 7) is 0. The van der Waals surface area contributed by atoms with Crippen LogP contribution in [-0.4, -0.2) is 16.6 Å². The van der Waals surface area contributed by atoms with Crippen LogP contribution in [0.5, 0.6) is 5.75 Å². The molecule has 0 spiro atoms. The minimum Gasteiger partial charge on any atom is -0.400 e. The molecule has 0 aromatic carbocycles. The largest absolute Gasteiger partial charge is 0.573 e. The fourth-order valence-corrected chi connectivity index (χ4v) is 0.510. The van der Waals surface area contributed by atoms with E-state index in [9.17, 15) is 13.2 Å². The molecule has 0 aliphatic rings. The first kappa shape index (κ1) is 8.39. The Morgan fingerprint density at radius 3 is 2.75 bits per heavy atom. The molecule has 0 unspecified atom stereocenters. The Hall–Kier alpha value is -1.71. The normalized spacial score (nSPS) is 10.8. The Morgan fingerprint density at radius 1 is 1.58 bits per heavy atom. The first-order valence-electron chi connectivity index (χ1n) is 2.65. The smallest absolute Gasteiger partial charge is 0.400 e. The van der Waals surface area contributed by atoms with Gasteiger partial charge in [-0.1, -0.05) is 0 Å². The van der Waals surface area contributed by atoms with Gasteiger partial charge in [-0.05, 0) is 0 Å². The molecule has 0 saturated heterocycles. The first-order chi connectivity index (χ1) is 5.53. The van der Waals surface area contributed by atoms with E-state index in [1.807, 2.05) is 11.3 Å². The summed E-state index contributed by atoms with van der Waals surface area (Å²) in [5.41, 5.74) is -0.479. The van der Waals surface area contributed by atoms with E-state index in [1.54, 1.807) is 0 Å². The molecule has 0 aliphatic carbocycles. The maximum atomic E-state index is 11.5. The minimum absolute atomic E-state index is 0.479. The van der Waals surface area contributed by atoms with E-state index in [0.29, 0.717) is 0 Å². The van der Waals surface area contributed by atoms with E-state index < -0.39 is 17.8 Å². The van der Waals surface area contributed by atoms with Crippen LogP contribution in [0.15, 0.2) is 0 Å². The number of alkyl halides is 3. The summed E-state index contributed by atoms with van der Waals surface area (Å²) in [5, 5.41) is 13.3. The average molecular weight is 176 g/mol. The third-order valence-electron chi connectivity index (χ3n) is 0.876. The van der Waals surface area contributed by atoms with E-state index in [0.717, 1.165) is 0 Å². The first-order valence-corrected chi connectivity index (χ1v) is 2.65. The Morgan fingerprint density at radius 2 is 2.25 bits per heavy atom. The molecular formula is C5HF3N3O. The highest BCUT2D eigenvalue weighted by Gasteiger charge is 2.33. The van der Waals surface area contributed by atoms with E-state index in [4.69, 9.17) is 5.26 Å². The van der Waals surface area contributed by atoms with Gasteiger partial charge >= 0.3 is 6.36 Å². The van der Waals surface area contributed by atoms with Crippen molar-refractivity contribution in [3.63, 3.8) is 0 Å². The maximum Gasteiger partial charge on any atom is 0.573 e. The minimum atomic E-state index is -4.83. The Labute approximate surface area is 64.6 Å². The van der Waals surface area contributed by atoms with Crippen LogP contribution in [0.4, 0.5) is 13.2 Å². The number of aromatic amines is 1. The molecule has 1 rings (SSSR count). The van der Waals surface area contributed by atoms with Crippen molar-refractivity contribution in [2.45, 2.75) is 6.36 Å². The van der Waals surface area contributed by atoms with Crippen molar-refractivity contribution in [1.82, 2.24) is 10.2 Å². The van der Waals surface area contributed by atoms with Gasteiger partial charge in [0.15, 0.2) is 5.75 Å². The molecule has 1 aromatic rings. The number of aromatic nitrogens is 2. The Bertz CT molecular complexity index is 310. The third-order valence-corrected chi connectivity index (χ3v) is 0.876. The Balaban J connectivity index is 2.84. The van der Waals surface area contributed by atoms with Crippen LogP contribution in [0.3, 0.4) is 0 Å². The molecule has 12 heavy (non-hydrogen) atoms. The van der Waals surface area contributed by atoms with Crippen molar-refractivity contribution in [2.24, 2.45) is 0 Å². The van der Waals surface area contributed by atoms with Crippen molar-refractivity contribution in [3.8, 4) is 11.8 Å². The molecule has 1 aromatic heterocycles. The number of nitriles is 1. The van der Waals surface area contributed by atoms with Gasteiger partial charge < -0.3 is 4.74 Å². The monoisotopic (exact) mass is 176 g/mol. The molecule has 1 N–H and O–H groups in total. The highest BCUT2D eigenvalue weighted by Crippen LogP contribution is 2.23. The van der Waals surface area contributed by atoms with Crippen molar-refractivity contribution in [2.75, 3.05) is 0 Å².